The fraction of sp³-hybridized carbons (Fsp3) is 0.241. The highest BCUT2D eigenvalue weighted by atomic mass is 16.7. The first-order chi connectivity index (χ1) is 18.9. The quantitative estimate of drug-likeness (QED) is 0.474. The largest absolute Gasteiger partial charge is 0.449 e. The van der Waals surface area contributed by atoms with E-state index in [9.17, 15) is 19.2 Å². The number of hydroxylamine groups is 2. The number of hydrogen-bond acceptors (Lipinski definition) is 7. The van der Waals surface area contributed by atoms with Gasteiger partial charge in [-0.05, 0) is 34.4 Å². The van der Waals surface area contributed by atoms with Crippen LogP contribution in [0.5, 0.6) is 0 Å². The van der Waals surface area contributed by atoms with E-state index in [1.54, 1.807) is 30.3 Å². The molecule has 10 nitrogen and oxygen atoms in total. The molecule has 3 atom stereocenters. The maximum absolute atomic E-state index is 13.1. The molecule has 0 unspecified atom stereocenters. The van der Waals surface area contributed by atoms with Gasteiger partial charge in [-0.25, -0.2) is 9.69 Å². The van der Waals surface area contributed by atoms with E-state index >= 15 is 0 Å². The number of anilines is 1. The van der Waals surface area contributed by atoms with E-state index in [1.807, 2.05) is 36.4 Å². The predicted octanol–water partition coefficient (Wildman–Crippen LogP) is 2.40. The summed E-state index contributed by atoms with van der Waals surface area (Å²) in [5.41, 5.74) is 4.85. The van der Waals surface area contributed by atoms with Crippen molar-refractivity contribution in [3.63, 3.8) is 0 Å². The molecule has 2 N–H and O–H groups in total. The lowest BCUT2D eigenvalue weighted by Gasteiger charge is -2.24. The van der Waals surface area contributed by atoms with Crippen molar-refractivity contribution in [3.05, 3.63) is 90.0 Å². The zero-order valence-corrected chi connectivity index (χ0v) is 21.1. The van der Waals surface area contributed by atoms with Gasteiger partial charge in [0.2, 0.25) is 11.8 Å². The summed E-state index contributed by atoms with van der Waals surface area (Å²) < 4.78 is 5.47. The van der Waals surface area contributed by atoms with Crippen LogP contribution in [0.25, 0.3) is 11.1 Å². The van der Waals surface area contributed by atoms with Crippen LogP contribution in [0.2, 0.25) is 0 Å². The number of amides is 4. The van der Waals surface area contributed by atoms with E-state index in [1.165, 1.54) is 12.1 Å². The van der Waals surface area contributed by atoms with Crippen molar-refractivity contribution >= 4 is 29.5 Å². The summed E-state index contributed by atoms with van der Waals surface area (Å²) in [4.78, 5) is 57.9. The number of ether oxygens (including phenoxy) is 1. The lowest BCUT2D eigenvalue weighted by molar-refractivity contribution is -0.163. The molecule has 10 heteroatoms. The van der Waals surface area contributed by atoms with Gasteiger partial charge >= 0.3 is 6.09 Å². The van der Waals surface area contributed by atoms with Crippen LogP contribution in [0.4, 0.5) is 10.5 Å². The van der Waals surface area contributed by atoms with E-state index in [-0.39, 0.29) is 19.1 Å². The molecule has 2 heterocycles. The Balaban J connectivity index is 1.05. The average molecular weight is 527 g/mol. The molecule has 39 heavy (non-hydrogen) atoms. The maximum atomic E-state index is 13.1. The highest BCUT2D eigenvalue weighted by Gasteiger charge is 2.59. The number of nitrogens with one attached hydrogen (secondary N) is 2. The van der Waals surface area contributed by atoms with Gasteiger partial charge < -0.3 is 15.4 Å². The topological polar surface area (TPSA) is 117 Å². The van der Waals surface area contributed by atoms with Gasteiger partial charge in [0.15, 0.2) is 6.10 Å². The van der Waals surface area contributed by atoms with Crippen molar-refractivity contribution < 1.29 is 28.8 Å². The number of rotatable bonds is 6. The van der Waals surface area contributed by atoms with Crippen molar-refractivity contribution in [2.24, 2.45) is 5.92 Å². The third-order valence-corrected chi connectivity index (χ3v) is 7.37. The molecule has 0 spiro atoms. The first kappa shape index (κ1) is 24.8. The maximum Gasteiger partial charge on any atom is 0.407 e. The van der Waals surface area contributed by atoms with Crippen LogP contribution in [0.1, 0.15) is 17.0 Å². The molecule has 0 radical (unpaired) electrons. The van der Waals surface area contributed by atoms with Crippen molar-refractivity contribution in [3.8, 4) is 11.1 Å². The van der Waals surface area contributed by atoms with Crippen molar-refractivity contribution in [2.75, 3.05) is 25.1 Å². The molecule has 198 valence electrons. The first-order valence-electron chi connectivity index (χ1n) is 12.6. The molecule has 0 aromatic heterocycles. The summed E-state index contributed by atoms with van der Waals surface area (Å²) in [7, 11) is 1.54. The van der Waals surface area contributed by atoms with E-state index < -0.39 is 42.0 Å². The minimum atomic E-state index is -1.04. The summed E-state index contributed by atoms with van der Waals surface area (Å²) >= 11 is 0. The minimum absolute atomic E-state index is 0.100. The third-order valence-electron chi connectivity index (χ3n) is 7.37. The average Bonchev–Trinajstić information content (AvgIpc) is 3.54. The predicted molar refractivity (Wildman–Crippen MR) is 140 cm³/mol. The third kappa shape index (κ3) is 4.33. The first-order valence-corrected chi connectivity index (χ1v) is 12.6. The van der Waals surface area contributed by atoms with Crippen molar-refractivity contribution in [1.29, 1.82) is 0 Å². The van der Waals surface area contributed by atoms with Gasteiger partial charge in [0.05, 0.1) is 5.69 Å². The minimum Gasteiger partial charge on any atom is -0.449 e. The second kappa shape index (κ2) is 9.97. The molecule has 6 rings (SSSR count). The van der Waals surface area contributed by atoms with Crippen LogP contribution in [0, 0.1) is 5.92 Å². The number of hydrogen-bond donors (Lipinski definition) is 2. The highest BCUT2D eigenvalue weighted by molar-refractivity contribution is 6.23. The number of fused-ring (bicyclic) bond motifs is 4. The van der Waals surface area contributed by atoms with Gasteiger partial charge in [0.1, 0.15) is 25.2 Å². The van der Waals surface area contributed by atoms with E-state index in [0.29, 0.717) is 5.69 Å². The fourth-order valence-electron chi connectivity index (χ4n) is 5.58. The summed E-state index contributed by atoms with van der Waals surface area (Å²) in [6.07, 6.45) is -2.65. The number of nitrogens with zero attached hydrogens (tertiary/aromatic N) is 2. The number of imide groups is 1. The van der Waals surface area contributed by atoms with Gasteiger partial charge in [-0.3, -0.25) is 19.2 Å². The highest BCUT2D eigenvalue weighted by Crippen LogP contribution is 2.44. The molecule has 3 aromatic rings. The Labute approximate surface area is 224 Å². The molecular formula is C29H26N4O6. The van der Waals surface area contributed by atoms with Crippen LogP contribution < -0.4 is 15.5 Å². The van der Waals surface area contributed by atoms with Gasteiger partial charge in [-0.2, -0.15) is 5.06 Å². The number of carbonyl (C=O) groups is 4. The van der Waals surface area contributed by atoms with Gasteiger partial charge in [-0.1, -0.05) is 66.7 Å². The number of alkyl carbamates (subject to hydrolysis) is 1. The van der Waals surface area contributed by atoms with Crippen molar-refractivity contribution in [2.45, 2.75) is 18.2 Å². The van der Waals surface area contributed by atoms with Crippen LogP contribution in [0.3, 0.4) is 0 Å². The summed E-state index contributed by atoms with van der Waals surface area (Å²) in [6, 6.07) is 24.6. The van der Waals surface area contributed by atoms with Gasteiger partial charge in [-0.15, -0.1) is 0 Å². The Morgan fingerprint density at radius 1 is 0.872 bits per heavy atom. The molecular weight excluding hydrogens is 500 g/mol. The molecule has 2 aliphatic heterocycles. The summed E-state index contributed by atoms with van der Waals surface area (Å²) in [5.74, 6) is -2.52. The van der Waals surface area contributed by atoms with Crippen molar-refractivity contribution in [1.82, 2.24) is 15.7 Å². The molecule has 2 fully saturated rings. The monoisotopic (exact) mass is 526 g/mol. The number of carbonyl (C=O) groups excluding carboxylic acids is 4. The van der Waals surface area contributed by atoms with E-state index in [0.717, 1.165) is 27.2 Å². The van der Waals surface area contributed by atoms with Gasteiger partial charge in [0.25, 0.3) is 5.91 Å². The second-order valence-corrected chi connectivity index (χ2v) is 9.64. The normalized spacial score (nSPS) is 21.9. The zero-order chi connectivity index (χ0) is 27.1. The van der Waals surface area contributed by atoms with Crippen LogP contribution in [0.15, 0.2) is 78.9 Å². The lowest BCUT2D eigenvalue weighted by Crippen LogP contribution is -2.51. The van der Waals surface area contributed by atoms with E-state index in [4.69, 9.17) is 9.57 Å². The lowest BCUT2D eigenvalue weighted by atomic mass is 9.98. The van der Waals surface area contributed by atoms with E-state index in [2.05, 4.69) is 22.8 Å². The van der Waals surface area contributed by atoms with Gasteiger partial charge in [0, 0.05) is 13.0 Å². The van der Waals surface area contributed by atoms with Crippen LogP contribution >= 0.6 is 0 Å². The smallest absolute Gasteiger partial charge is 0.407 e. The summed E-state index contributed by atoms with van der Waals surface area (Å²) in [5, 5.41) is 6.45. The standard InChI is InChI=1S/C29H26N4O6/c1-32-26(24-25(39-32)28(36)33(27(24)35)17-9-3-2-4-10-17)31-23(34)15-30-29(37)38-16-22-20-13-7-5-11-18(20)19-12-6-8-14-21(19)22/h2-14,22,24-26H,15-16H2,1H3,(H,30,37)(H,31,34)/t24-,25-,26+/m1/s1. The van der Waals surface area contributed by atoms with Crippen LogP contribution in [-0.2, 0) is 24.0 Å². The number of para-hydroxylation sites is 1. The van der Waals surface area contributed by atoms with Crippen LogP contribution in [-0.4, -0.2) is 61.3 Å². The molecule has 0 saturated carbocycles. The number of benzene rings is 3. The zero-order valence-electron chi connectivity index (χ0n) is 21.1. The Kier molecular flexibility index (Phi) is 6.34. The second-order valence-electron chi connectivity index (χ2n) is 9.64. The Morgan fingerprint density at radius 3 is 2.15 bits per heavy atom. The Bertz CT molecular complexity index is 1420. The fourth-order valence-corrected chi connectivity index (χ4v) is 5.58. The Hall–Kier alpha value is -4.54. The SMILES string of the molecule is CN1O[C@H]2C(=O)N(c3ccccc3)C(=O)[C@H]2[C@H]1NC(=O)CNC(=O)OCC1c2ccccc2-c2ccccc21. The molecule has 1 aliphatic carbocycles. The molecule has 0 bridgehead atoms. The summed E-state index contributed by atoms with van der Waals surface area (Å²) in [6.45, 7) is -0.251. The molecule has 4 amide bonds. The molecule has 3 aliphatic rings. The molecule has 2 saturated heterocycles. The molecule has 3 aromatic carbocycles. The Morgan fingerprint density at radius 2 is 1.49 bits per heavy atom.